The van der Waals surface area contributed by atoms with E-state index in [2.05, 4.69) is 39.1 Å². The van der Waals surface area contributed by atoms with E-state index in [9.17, 15) is 5.26 Å². The van der Waals surface area contributed by atoms with Crippen molar-refractivity contribution in [2.75, 3.05) is 24.5 Å². The molecule has 4 heteroatoms. The Bertz CT molecular complexity index is 461. The van der Waals surface area contributed by atoms with E-state index >= 15 is 0 Å². The van der Waals surface area contributed by atoms with E-state index in [-0.39, 0.29) is 0 Å². The van der Waals surface area contributed by atoms with E-state index in [0.29, 0.717) is 6.04 Å². The van der Waals surface area contributed by atoms with Crippen molar-refractivity contribution in [1.82, 2.24) is 5.32 Å². The molecule has 1 heterocycles. The number of nitriles is 1. The van der Waals surface area contributed by atoms with Crippen molar-refractivity contribution < 1.29 is 0 Å². The van der Waals surface area contributed by atoms with Gasteiger partial charge in [0.05, 0.1) is 11.3 Å². The molecule has 1 aliphatic heterocycles. The van der Waals surface area contributed by atoms with Crippen molar-refractivity contribution >= 4 is 21.6 Å². The number of anilines is 1. The first-order valence-corrected chi connectivity index (χ1v) is 7.72. The third kappa shape index (κ3) is 3.49. The molecule has 0 spiro atoms. The Morgan fingerprint density at radius 1 is 1.47 bits per heavy atom. The van der Waals surface area contributed by atoms with Crippen LogP contribution < -0.4 is 10.2 Å². The molecule has 1 atom stereocenters. The van der Waals surface area contributed by atoms with E-state index < -0.39 is 0 Å². The quantitative estimate of drug-likeness (QED) is 0.924. The van der Waals surface area contributed by atoms with Gasteiger partial charge in [-0.1, -0.05) is 12.5 Å². The van der Waals surface area contributed by atoms with Crippen LogP contribution >= 0.6 is 15.9 Å². The first-order chi connectivity index (χ1) is 9.26. The van der Waals surface area contributed by atoms with E-state index in [0.717, 1.165) is 35.4 Å². The molecular weight excluding hydrogens is 302 g/mol. The molecule has 0 amide bonds. The summed E-state index contributed by atoms with van der Waals surface area (Å²) < 4.78 is 0.877. The average molecular weight is 322 g/mol. The summed E-state index contributed by atoms with van der Waals surface area (Å²) in [6.07, 6.45) is 3.81. The van der Waals surface area contributed by atoms with Gasteiger partial charge in [0.2, 0.25) is 0 Å². The highest BCUT2D eigenvalue weighted by molar-refractivity contribution is 9.10. The SMILES string of the molecule is CCN(CC1CCCCN1)c1cccc(Br)c1C#N. The number of hydrogen-bond donors (Lipinski definition) is 1. The fourth-order valence-electron chi connectivity index (χ4n) is 2.63. The summed E-state index contributed by atoms with van der Waals surface area (Å²) in [5, 5.41) is 12.9. The summed E-state index contributed by atoms with van der Waals surface area (Å²) in [6, 6.07) is 8.81. The van der Waals surface area contributed by atoms with Crippen LogP contribution in [0.5, 0.6) is 0 Å². The van der Waals surface area contributed by atoms with E-state index in [1.165, 1.54) is 19.3 Å². The predicted molar refractivity (Wildman–Crippen MR) is 82.4 cm³/mol. The second kappa shape index (κ2) is 6.93. The van der Waals surface area contributed by atoms with Crippen molar-refractivity contribution in [3.63, 3.8) is 0 Å². The zero-order valence-corrected chi connectivity index (χ0v) is 12.9. The molecule has 1 aromatic carbocycles. The normalized spacial score (nSPS) is 18.9. The van der Waals surface area contributed by atoms with Gasteiger partial charge in [0.15, 0.2) is 0 Å². The molecule has 2 rings (SSSR count). The summed E-state index contributed by atoms with van der Waals surface area (Å²) in [5.41, 5.74) is 1.77. The van der Waals surface area contributed by atoms with Gasteiger partial charge in [-0.25, -0.2) is 0 Å². The molecular formula is C15H20BrN3. The van der Waals surface area contributed by atoms with Crippen LogP contribution in [0.1, 0.15) is 31.7 Å². The molecule has 0 saturated carbocycles. The number of nitrogens with one attached hydrogen (secondary N) is 1. The number of piperidine rings is 1. The molecule has 0 aromatic heterocycles. The second-order valence-electron chi connectivity index (χ2n) is 4.93. The standard InChI is InChI=1S/C15H20BrN3/c1-2-19(11-12-6-3-4-9-18-12)15-8-5-7-14(16)13(15)10-17/h5,7-8,12,18H,2-4,6,9,11H2,1H3. The summed E-state index contributed by atoms with van der Waals surface area (Å²) in [5.74, 6) is 0. The highest BCUT2D eigenvalue weighted by atomic mass is 79.9. The van der Waals surface area contributed by atoms with Crippen LogP contribution in [-0.2, 0) is 0 Å². The number of benzene rings is 1. The Hall–Kier alpha value is -1.05. The lowest BCUT2D eigenvalue weighted by Crippen LogP contribution is -2.44. The topological polar surface area (TPSA) is 39.1 Å². The molecule has 1 saturated heterocycles. The lowest BCUT2D eigenvalue weighted by atomic mass is 10.0. The monoisotopic (exact) mass is 321 g/mol. The summed E-state index contributed by atoms with van der Waals surface area (Å²) >= 11 is 3.47. The van der Waals surface area contributed by atoms with Crippen molar-refractivity contribution in [2.24, 2.45) is 0 Å². The first-order valence-electron chi connectivity index (χ1n) is 6.93. The zero-order valence-electron chi connectivity index (χ0n) is 11.3. The molecule has 102 valence electrons. The van der Waals surface area contributed by atoms with Gasteiger partial charge < -0.3 is 10.2 Å². The Balaban J connectivity index is 2.17. The summed E-state index contributed by atoms with van der Waals surface area (Å²) in [4.78, 5) is 2.30. The Morgan fingerprint density at radius 2 is 2.32 bits per heavy atom. The van der Waals surface area contributed by atoms with Gasteiger partial charge in [-0.05, 0) is 54.4 Å². The third-order valence-corrected chi connectivity index (χ3v) is 4.34. The Labute approximate surface area is 123 Å². The Morgan fingerprint density at radius 3 is 2.95 bits per heavy atom. The number of rotatable bonds is 4. The molecule has 3 nitrogen and oxygen atoms in total. The van der Waals surface area contributed by atoms with E-state index in [1.807, 2.05) is 18.2 Å². The Kier molecular flexibility index (Phi) is 5.24. The van der Waals surface area contributed by atoms with Gasteiger partial charge in [-0.2, -0.15) is 5.26 Å². The number of hydrogen-bond acceptors (Lipinski definition) is 3. The van der Waals surface area contributed by atoms with Crippen LogP contribution in [0, 0.1) is 11.3 Å². The second-order valence-corrected chi connectivity index (χ2v) is 5.79. The highest BCUT2D eigenvalue weighted by Crippen LogP contribution is 2.27. The van der Waals surface area contributed by atoms with Gasteiger partial charge in [-0.15, -0.1) is 0 Å². The molecule has 1 N–H and O–H groups in total. The molecule has 1 fully saturated rings. The summed E-state index contributed by atoms with van der Waals surface area (Å²) in [6.45, 7) is 5.15. The van der Waals surface area contributed by atoms with Gasteiger partial charge in [-0.3, -0.25) is 0 Å². The maximum atomic E-state index is 9.33. The van der Waals surface area contributed by atoms with Crippen LogP contribution in [0.15, 0.2) is 22.7 Å². The molecule has 19 heavy (non-hydrogen) atoms. The maximum absolute atomic E-state index is 9.33. The number of halogens is 1. The largest absolute Gasteiger partial charge is 0.369 e. The van der Waals surface area contributed by atoms with Gasteiger partial charge in [0, 0.05) is 23.6 Å². The highest BCUT2D eigenvalue weighted by Gasteiger charge is 2.18. The van der Waals surface area contributed by atoms with Gasteiger partial charge in [0.25, 0.3) is 0 Å². The van der Waals surface area contributed by atoms with Gasteiger partial charge >= 0.3 is 0 Å². The fraction of sp³-hybridized carbons (Fsp3) is 0.533. The minimum absolute atomic E-state index is 0.541. The van der Waals surface area contributed by atoms with Crippen molar-refractivity contribution in [1.29, 1.82) is 5.26 Å². The molecule has 0 aliphatic carbocycles. The fourth-order valence-corrected chi connectivity index (χ4v) is 3.07. The maximum Gasteiger partial charge on any atom is 0.103 e. The minimum atomic E-state index is 0.541. The van der Waals surface area contributed by atoms with Crippen LogP contribution in [0.4, 0.5) is 5.69 Å². The molecule has 1 aromatic rings. The predicted octanol–water partition coefficient (Wildman–Crippen LogP) is 3.29. The smallest absolute Gasteiger partial charge is 0.103 e. The molecule has 0 radical (unpaired) electrons. The minimum Gasteiger partial charge on any atom is -0.369 e. The third-order valence-electron chi connectivity index (χ3n) is 3.68. The lowest BCUT2D eigenvalue weighted by molar-refractivity contribution is 0.400. The lowest BCUT2D eigenvalue weighted by Gasteiger charge is -2.32. The molecule has 1 aliphatic rings. The molecule has 1 unspecified atom stereocenters. The van der Waals surface area contributed by atoms with E-state index in [1.54, 1.807) is 0 Å². The number of likely N-dealkylation sites (N-methyl/N-ethyl adjacent to an activating group) is 1. The summed E-state index contributed by atoms with van der Waals surface area (Å²) in [7, 11) is 0. The van der Waals surface area contributed by atoms with E-state index in [4.69, 9.17) is 0 Å². The van der Waals surface area contributed by atoms with Crippen LogP contribution in [-0.4, -0.2) is 25.7 Å². The van der Waals surface area contributed by atoms with Crippen LogP contribution in [0.3, 0.4) is 0 Å². The average Bonchev–Trinajstić information content (AvgIpc) is 2.45. The van der Waals surface area contributed by atoms with Crippen molar-refractivity contribution in [2.45, 2.75) is 32.2 Å². The van der Waals surface area contributed by atoms with Crippen LogP contribution in [0.2, 0.25) is 0 Å². The first kappa shape index (κ1) is 14.4. The van der Waals surface area contributed by atoms with Crippen molar-refractivity contribution in [3.8, 4) is 6.07 Å². The molecule has 0 bridgehead atoms. The van der Waals surface area contributed by atoms with Crippen molar-refractivity contribution in [3.05, 3.63) is 28.2 Å². The van der Waals surface area contributed by atoms with Crippen LogP contribution in [0.25, 0.3) is 0 Å². The number of nitrogens with zero attached hydrogens (tertiary/aromatic N) is 2. The zero-order chi connectivity index (χ0) is 13.7. The van der Waals surface area contributed by atoms with Gasteiger partial charge in [0.1, 0.15) is 6.07 Å².